The first-order valence-electron chi connectivity index (χ1n) is 19.7. The van der Waals surface area contributed by atoms with Crippen LogP contribution in [-0.4, -0.2) is 98.6 Å². The lowest BCUT2D eigenvalue weighted by Crippen LogP contribution is -2.60. The normalized spacial score (nSPS) is 38.0. The molecule has 8 aliphatic rings. The summed E-state index contributed by atoms with van der Waals surface area (Å²) in [4.78, 5) is 10.4. The van der Waals surface area contributed by atoms with Gasteiger partial charge in [0.1, 0.15) is 0 Å². The number of nitrogens with one attached hydrogen (secondary N) is 4. The highest BCUT2D eigenvalue weighted by molar-refractivity contribution is 5.81. The van der Waals surface area contributed by atoms with Gasteiger partial charge in [-0.05, 0) is 99.4 Å². The van der Waals surface area contributed by atoms with Gasteiger partial charge in [0.15, 0.2) is 0 Å². The van der Waals surface area contributed by atoms with Crippen molar-refractivity contribution in [3.63, 3.8) is 0 Å². The van der Waals surface area contributed by atoms with E-state index in [9.17, 15) is 0 Å². The first-order valence-corrected chi connectivity index (χ1v) is 19.7. The number of para-hydroxylation sites is 4. The van der Waals surface area contributed by atoms with E-state index < -0.39 is 0 Å². The minimum Gasteiger partial charge on any atom is -0.368 e. The van der Waals surface area contributed by atoms with E-state index in [1.165, 1.54) is 56.1 Å². The van der Waals surface area contributed by atoms with Crippen LogP contribution in [0.5, 0.6) is 0 Å². The summed E-state index contributed by atoms with van der Waals surface area (Å²) >= 11 is 0. The van der Waals surface area contributed by atoms with Gasteiger partial charge in [-0.15, -0.1) is 0 Å². The third kappa shape index (κ3) is 3.17. The minimum atomic E-state index is -0.101. The van der Waals surface area contributed by atoms with Crippen LogP contribution in [0.2, 0.25) is 0 Å². The summed E-state index contributed by atoms with van der Waals surface area (Å²) in [6, 6.07) is 33.0. The molecule has 0 aliphatic carbocycles. The first-order chi connectivity index (χ1) is 25.4. The first kappa shape index (κ1) is 30.4. The van der Waals surface area contributed by atoms with Gasteiger partial charge in [0.2, 0.25) is 0 Å². The Hall–Kier alpha value is -4.08. The highest BCUT2D eigenvalue weighted by Gasteiger charge is 2.72. The molecule has 4 saturated heterocycles. The molecule has 8 heteroatoms. The number of likely N-dealkylation sites (N-methyl/N-ethyl adjacent to an activating group) is 4. The number of likely N-dealkylation sites (tertiary alicyclic amines) is 4. The molecule has 8 nitrogen and oxygen atoms in total. The minimum absolute atomic E-state index is 0.100. The van der Waals surface area contributed by atoms with Crippen LogP contribution in [0, 0.1) is 0 Å². The molecule has 8 heterocycles. The second-order valence-corrected chi connectivity index (χ2v) is 17.5. The number of rotatable bonds is 3. The predicted octanol–water partition coefficient (Wildman–Crippen LogP) is 5.78. The third-order valence-electron chi connectivity index (χ3n) is 15.9. The molecule has 4 aromatic rings. The third-order valence-corrected chi connectivity index (χ3v) is 15.9. The number of hydrogen-bond donors (Lipinski definition) is 4. The zero-order chi connectivity index (χ0) is 34.8. The van der Waals surface area contributed by atoms with Crippen molar-refractivity contribution in [2.24, 2.45) is 0 Å². The van der Waals surface area contributed by atoms with Gasteiger partial charge in [-0.2, -0.15) is 0 Å². The van der Waals surface area contributed by atoms with Crippen molar-refractivity contribution in [2.45, 2.75) is 72.0 Å². The van der Waals surface area contributed by atoms with E-state index in [0.29, 0.717) is 0 Å². The smallest absolute Gasteiger partial charge is 0.0933 e. The summed E-state index contributed by atoms with van der Waals surface area (Å²) in [5.41, 5.74) is 13.9. The van der Waals surface area contributed by atoms with E-state index in [-0.39, 0.29) is 46.3 Å². The molecule has 266 valence electrons. The van der Waals surface area contributed by atoms with E-state index in [0.717, 1.165) is 51.9 Å². The Kier molecular flexibility index (Phi) is 5.79. The number of fused-ring (bicyclic) bond motifs is 13. The van der Waals surface area contributed by atoms with Gasteiger partial charge < -0.3 is 21.3 Å². The highest BCUT2D eigenvalue weighted by atomic mass is 15.4. The Bertz CT molecular complexity index is 2030. The molecule has 4 fully saturated rings. The molecule has 12 rings (SSSR count). The van der Waals surface area contributed by atoms with Crippen molar-refractivity contribution in [1.82, 2.24) is 19.6 Å². The molecule has 0 unspecified atom stereocenters. The van der Waals surface area contributed by atoms with Gasteiger partial charge in [-0.25, -0.2) is 0 Å². The maximum Gasteiger partial charge on any atom is 0.0933 e. The van der Waals surface area contributed by atoms with Crippen LogP contribution < -0.4 is 21.3 Å². The molecule has 8 atom stereocenters. The lowest BCUT2D eigenvalue weighted by atomic mass is 9.54. The fraction of sp³-hybridized carbons (Fsp3) is 0.455. The topological polar surface area (TPSA) is 61.1 Å². The molecule has 0 saturated carbocycles. The second kappa shape index (κ2) is 9.91. The Morgan fingerprint density at radius 2 is 0.769 bits per heavy atom. The summed E-state index contributed by atoms with van der Waals surface area (Å²) in [6.45, 7) is 4.33. The van der Waals surface area contributed by atoms with Crippen molar-refractivity contribution in [3.05, 3.63) is 118 Å². The molecule has 8 aliphatic heterocycles. The summed E-state index contributed by atoms with van der Waals surface area (Å²) in [5, 5.41) is 16.7. The molecule has 52 heavy (non-hydrogen) atoms. The van der Waals surface area contributed by atoms with Crippen molar-refractivity contribution in [3.8, 4) is 0 Å². The van der Waals surface area contributed by atoms with Gasteiger partial charge in [0, 0.05) is 59.8 Å². The maximum atomic E-state index is 4.36. The molecule has 0 spiro atoms. The Balaban J connectivity index is 1.09. The quantitative estimate of drug-likeness (QED) is 0.216. The molecular weight excluding hydrogens is 641 g/mol. The number of nitrogens with zero attached hydrogens (tertiary/aromatic N) is 4. The van der Waals surface area contributed by atoms with Crippen LogP contribution >= 0.6 is 0 Å². The fourth-order valence-electron chi connectivity index (χ4n) is 13.8. The Morgan fingerprint density at radius 3 is 1.23 bits per heavy atom. The standard InChI is InChI=1S/C44H50N8/c1-49-23-19-41(27-11-5-7-17-33(27)45-37(41)49)29-13-9-15-31-35(29)47-39-43(31,21-25-51(39)3)44-22-26-52(4)40(44)48-36-30(14-10-16-32(36)44)42-20-24-50(2)38(42)46-34-18-8-6-12-28(34)42/h5-18,37-40,45-48H,19-26H2,1-4H3/t37-,38-,39-,40+,41-,42-,43+,44-/m1/s1. The average molecular weight is 691 g/mol. The van der Waals surface area contributed by atoms with Gasteiger partial charge in [-0.1, -0.05) is 72.8 Å². The van der Waals surface area contributed by atoms with Crippen molar-refractivity contribution >= 4 is 22.7 Å². The van der Waals surface area contributed by atoms with E-state index in [1.54, 1.807) is 0 Å². The molecule has 0 amide bonds. The van der Waals surface area contributed by atoms with Gasteiger partial charge >= 0.3 is 0 Å². The highest BCUT2D eigenvalue weighted by Crippen LogP contribution is 2.69. The largest absolute Gasteiger partial charge is 0.368 e. The molecule has 0 radical (unpaired) electrons. The van der Waals surface area contributed by atoms with E-state index >= 15 is 0 Å². The Morgan fingerprint density at radius 1 is 0.404 bits per heavy atom. The predicted molar refractivity (Wildman–Crippen MR) is 209 cm³/mol. The van der Waals surface area contributed by atoms with Crippen molar-refractivity contribution < 1.29 is 0 Å². The van der Waals surface area contributed by atoms with Crippen LogP contribution in [0.4, 0.5) is 22.7 Å². The lowest BCUT2D eigenvalue weighted by molar-refractivity contribution is 0.147. The zero-order valence-corrected chi connectivity index (χ0v) is 30.8. The van der Waals surface area contributed by atoms with Crippen LogP contribution in [0.1, 0.15) is 59.1 Å². The zero-order valence-electron chi connectivity index (χ0n) is 30.8. The Labute approximate surface area is 307 Å². The summed E-state index contributed by atoms with van der Waals surface area (Å²) in [5.74, 6) is 0. The number of hydrogen-bond acceptors (Lipinski definition) is 8. The van der Waals surface area contributed by atoms with Gasteiger partial charge in [-0.3, -0.25) is 19.6 Å². The molecule has 4 aromatic carbocycles. The van der Waals surface area contributed by atoms with Crippen LogP contribution in [0.15, 0.2) is 84.9 Å². The summed E-state index contributed by atoms with van der Waals surface area (Å²) in [6.07, 6.45) is 5.41. The number of benzene rings is 4. The van der Waals surface area contributed by atoms with Crippen molar-refractivity contribution in [1.29, 1.82) is 0 Å². The van der Waals surface area contributed by atoms with Gasteiger partial charge in [0.25, 0.3) is 0 Å². The summed E-state index contributed by atoms with van der Waals surface area (Å²) < 4.78 is 0. The molecule has 0 bridgehead atoms. The fourth-order valence-corrected chi connectivity index (χ4v) is 13.8. The van der Waals surface area contributed by atoms with Crippen LogP contribution in [0.25, 0.3) is 0 Å². The number of anilines is 4. The monoisotopic (exact) mass is 690 g/mol. The van der Waals surface area contributed by atoms with Gasteiger partial charge in [0.05, 0.1) is 35.5 Å². The average Bonchev–Trinajstić information content (AvgIpc) is 4.03. The molecule has 0 aromatic heterocycles. The van der Waals surface area contributed by atoms with E-state index in [4.69, 9.17) is 0 Å². The second-order valence-electron chi connectivity index (χ2n) is 17.5. The van der Waals surface area contributed by atoms with E-state index in [2.05, 4.69) is 154 Å². The molecule has 4 N–H and O–H groups in total. The van der Waals surface area contributed by atoms with Crippen molar-refractivity contribution in [2.75, 3.05) is 75.6 Å². The summed E-state index contributed by atoms with van der Waals surface area (Å²) in [7, 11) is 9.33. The van der Waals surface area contributed by atoms with E-state index in [1.807, 2.05) is 0 Å². The van der Waals surface area contributed by atoms with Crippen LogP contribution in [0.3, 0.4) is 0 Å². The van der Waals surface area contributed by atoms with Crippen LogP contribution in [-0.2, 0) is 21.7 Å². The lowest BCUT2D eigenvalue weighted by Gasteiger charge is -2.48. The molecular formula is C44H50N8. The SMILES string of the molecule is CN1CC[C@]2(c3cccc4c3N[C@@H]3N(C)CC[C@]43[C@@]34CCN(C)[C@@H]3Nc3c([C@]56CCN(C)[C@H]5Nc5ccccc56)cccc34)c3ccccc3N[C@H]12. The maximum absolute atomic E-state index is 4.36.